The maximum atomic E-state index is 6.05. The summed E-state index contributed by atoms with van der Waals surface area (Å²) in [7, 11) is 0. The van der Waals surface area contributed by atoms with Crippen molar-refractivity contribution >= 4 is 0 Å². The predicted octanol–water partition coefficient (Wildman–Crippen LogP) is 5.42. The fourth-order valence-electron chi connectivity index (χ4n) is 3.06. The average molecular weight is 253 g/mol. The number of hydrogen-bond acceptors (Lipinski definition) is 1. The number of hydrogen-bond donors (Lipinski definition) is 1. The topological polar surface area (TPSA) is 26.0 Å². The third-order valence-electron chi connectivity index (χ3n) is 4.89. The molecule has 0 saturated heterocycles. The van der Waals surface area contributed by atoms with Gasteiger partial charge < -0.3 is 5.73 Å². The van der Waals surface area contributed by atoms with Gasteiger partial charge in [0.05, 0.1) is 0 Å². The van der Waals surface area contributed by atoms with Gasteiger partial charge in [0.1, 0.15) is 0 Å². The lowest BCUT2D eigenvalue weighted by Crippen LogP contribution is -2.27. The Bertz CT molecular complexity index is 194. The molecule has 0 aromatic rings. The summed E-state index contributed by atoms with van der Waals surface area (Å²) >= 11 is 0. The van der Waals surface area contributed by atoms with Gasteiger partial charge in [0, 0.05) is 6.04 Å². The van der Waals surface area contributed by atoms with Gasteiger partial charge in [-0.15, -0.1) is 0 Å². The van der Waals surface area contributed by atoms with Crippen molar-refractivity contribution in [2.45, 2.75) is 103 Å². The molecule has 18 heavy (non-hydrogen) atoms. The van der Waals surface area contributed by atoms with Crippen molar-refractivity contribution in [3.63, 3.8) is 0 Å². The number of nitrogens with two attached hydrogens (primary N) is 1. The van der Waals surface area contributed by atoms with Gasteiger partial charge in [0.15, 0.2) is 0 Å². The summed E-state index contributed by atoms with van der Waals surface area (Å²) in [4.78, 5) is 0. The van der Waals surface area contributed by atoms with Crippen LogP contribution in [0, 0.1) is 5.41 Å². The summed E-state index contributed by atoms with van der Waals surface area (Å²) < 4.78 is 0. The van der Waals surface area contributed by atoms with E-state index in [9.17, 15) is 0 Å². The van der Waals surface area contributed by atoms with E-state index in [4.69, 9.17) is 5.73 Å². The van der Waals surface area contributed by atoms with Crippen LogP contribution in [0.25, 0.3) is 0 Å². The standard InChI is InChI=1S/C17H35N/c1-3-4-5-6-7-8-9-10-11-12-13-17(14-15-17)16(2)18/h16H,3-15,18H2,1-2H3. The van der Waals surface area contributed by atoms with Gasteiger partial charge in [-0.25, -0.2) is 0 Å². The van der Waals surface area contributed by atoms with E-state index in [1.807, 2.05) is 0 Å². The van der Waals surface area contributed by atoms with Crippen LogP contribution in [0.4, 0.5) is 0 Å². The highest BCUT2D eigenvalue weighted by Gasteiger charge is 2.44. The zero-order valence-electron chi connectivity index (χ0n) is 12.8. The molecule has 1 rings (SSSR count). The van der Waals surface area contributed by atoms with E-state index in [1.165, 1.54) is 83.5 Å². The Labute approximate surface area is 115 Å². The molecular weight excluding hydrogens is 218 g/mol. The van der Waals surface area contributed by atoms with Gasteiger partial charge in [0.2, 0.25) is 0 Å². The summed E-state index contributed by atoms with van der Waals surface area (Å²) in [5, 5.41) is 0. The average Bonchev–Trinajstić information content (AvgIpc) is 3.13. The summed E-state index contributed by atoms with van der Waals surface area (Å²) in [6, 6.07) is 0.427. The molecule has 0 heterocycles. The molecule has 108 valence electrons. The second-order valence-electron chi connectivity index (χ2n) is 6.58. The Morgan fingerprint density at radius 1 is 0.833 bits per heavy atom. The van der Waals surface area contributed by atoms with Crippen LogP contribution in [0.5, 0.6) is 0 Å². The zero-order chi connectivity index (χ0) is 13.3. The lowest BCUT2D eigenvalue weighted by molar-refractivity contribution is 0.370. The molecule has 1 fully saturated rings. The Morgan fingerprint density at radius 2 is 1.28 bits per heavy atom. The van der Waals surface area contributed by atoms with Crippen molar-refractivity contribution in [1.29, 1.82) is 0 Å². The van der Waals surface area contributed by atoms with E-state index >= 15 is 0 Å². The lowest BCUT2D eigenvalue weighted by Gasteiger charge is -2.19. The maximum absolute atomic E-state index is 6.05. The van der Waals surface area contributed by atoms with Crippen LogP contribution in [0.15, 0.2) is 0 Å². The SMILES string of the molecule is CCCCCCCCCCCCC1(C(C)N)CC1. The molecule has 1 nitrogen and oxygen atoms in total. The quantitative estimate of drug-likeness (QED) is 0.461. The van der Waals surface area contributed by atoms with Crippen molar-refractivity contribution < 1.29 is 0 Å². The van der Waals surface area contributed by atoms with E-state index in [1.54, 1.807) is 0 Å². The van der Waals surface area contributed by atoms with Crippen LogP contribution < -0.4 is 5.73 Å². The minimum atomic E-state index is 0.427. The highest BCUT2D eigenvalue weighted by atomic mass is 14.7. The Balaban J connectivity index is 1.79. The van der Waals surface area contributed by atoms with Crippen LogP contribution in [0.1, 0.15) is 97.3 Å². The first kappa shape index (κ1) is 16.0. The number of unbranched alkanes of at least 4 members (excludes halogenated alkanes) is 9. The van der Waals surface area contributed by atoms with E-state index in [0.29, 0.717) is 11.5 Å². The molecule has 1 atom stereocenters. The number of rotatable bonds is 12. The first-order valence-corrected chi connectivity index (χ1v) is 8.47. The molecule has 1 aliphatic carbocycles. The molecule has 0 aromatic carbocycles. The normalized spacial score (nSPS) is 18.8. The minimum Gasteiger partial charge on any atom is -0.327 e. The molecule has 0 spiro atoms. The maximum Gasteiger partial charge on any atom is 0.00670 e. The van der Waals surface area contributed by atoms with Crippen molar-refractivity contribution in [3.05, 3.63) is 0 Å². The monoisotopic (exact) mass is 253 g/mol. The second-order valence-corrected chi connectivity index (χ2v) is 6.58. The first-order valence-electron chi connectivity index (χ1n) is 8.47. The van der Waals surface area contributed by atoms with Crippen molar-refractivity contribution in [3.8, 4) is 0 Å². The van der Waals surface area contributed by atoms with Gasteiger partial charge in [-0.05, 0) is 31.6 Å². The van der Waals surface area contributed by atoms with Crippen LogP contribution in [0.3, 0.4) is 0 Å². The summed E-state index contributed by atoms with van der Waals surface area (Å²) in [5.41, 5.74) is 6.62. The van der Waals surface area contributed by atoms with Crippen LogP contribution in [-0.2, 0) is 0 Å². The first-order chi connectivity index (χ1) is 8.71. The molecule has 1 saturated carbocycles. The third kappa shape index (κ3) is 6.22. The van der Waals surface area contributed by atoms with E-state index in [2.05, 4.69) is 13.8 Å². The van der Waals surface area contributed by atoms with Crippen molar-refractivity contribution in [1.82, 2.24) is 0 Å². The Kier molecular flexibility index (Phi) is 7.97. The second kappa shape index (κ2) is 8.96. The molecule has 2 N–H and O–H groups in total. The van der Waals surface area contributed by atoms with Gasteiger partial charge in [-0.3, -0.25) is 0 Å². The van der Waals surface area contributed by atoms with E-state index < -0.39 is 0 Å². The van der Waals surface area contributed by atoms with Gasteiger partial charge in [-0.1, -0.05) is 71.1 Å². The minimum absolute atomic E-state index is 0.427. The largest absolute Gasteiger partial charge is 0.327 e. The Morgan fingerprint density at radius 3 is 1.67 bits per heavy atom. The summed E-state index contributed by atoms with van der Waals surface area (Å²) in [6.07, 6.45) is 18.5. The highest BCUT2D eigenvalue weighted by molar-refractivity contribution is 4.98. The molecule has 0 amide bonds. The molecule has 0 radical (unpaired) electrons. The summed E-state index contributed by atoms with van der Waals surface area (Å²) in [6.45, 7) is 4.48. The molecule has 1 heteroatoms. The van der Waals surface area contributed by atoms with E-state index in [-0.39, 0.29) is 0 Å². The molecule has 1 aliphatic rings. The summed E-state index contributed by atoms with van der Waals surface area (Å²) in [5.74, 6) is 0. The van der Waals surface area contributed by atoms with Crippen LogP contribution >= 0.6 is 0 Å². The predicted molar refractivity (Wildman–Crippen MR) is 81.8 cm³/mol. The van der Waals surface area contributed by atoms with E-state index in [0.717, 1.165) is 0 Å². The smallest absolute Gasteiger partial charge is 0.00670 e. The fourth-order valence-corrected chi connectivity index (χ4v) is 3.06. The van der Waals surface area contributed by atoms with Gasteiger partial charge in [0.25, 0.3) is 0 Å². The zero-order valence-corrected chi connectivity index (χ0v) is 12.8. The lowest BCUT2D eigenvalue weighted by atomic mass is 9.91. The fraction of sp³-hybridized carbons (Fsp3) is 1.00. The van der Waals surface area contributed by atoms with Gasteiger partial charge >= 0.3 is 0 Å². The van der Waals surface area contributed by atoms with Crippen molar-refractivity contribution in [2.75, 3.05) is 0 Å². The third-order valence-corrected chi connectivity index (χ3v) is 4.89. The highest BCUT2D eigenvalue weighted by Crippen LogP contribution is 2.52. The molecule has 1 unspecified atom stereocenters. The molecule has 0 aromatic heterocycles. The van der Waals surface area contributed by atoms with Crippen LogP contribution in [-0.4, -0.2) is 6.04 Å². The van der Waals surface area contributed by atoms with Crippen LogP contribution in [0.2, 0.25) is 0 Å². The Hall–Kier alpha value is -0.0400. The molecular formula is C17H35N. The van der Waals surface area contributed by atoms with Gasteiger partial charge in [-0.2, -0.15) is 0 Å². The molecule has 0 aliphatic heterocycles. The van der Waals surface area contributed by atoms with Crippen molar-refractivity contribution in [2.24, 2.45) is 11.1 Å². The molecule has 0 bridgehead atoms.